The Balaban J connectivity index is 1.70. The van der Waals surface area contributed by atoms with Crippen molar-refractivity contribution in [3.05, 3.63) is 72.7 Å². The molecule has 140 valence electrons. The second-order valence-corrected chi connectivity index (χ2v) is 8.38. The summed E-state index contributed by atoms with van der Waals surface area (Å²) in [6, 6.07) is 14.0. The standard InChI is InChI=1S/C20H10Cl3IN2O2/c21-11-5-10(19(27)16(23)6-11)9-25-13-2-4-18-17(8-13)26-20(28-18)14-7-12(24)1-3-15(14)22/h1-9,27H. The molecule has 1 aromatic heterocycles. The van der Waals surface area contributed by atoms with E-state index in [-0.39, 0.29) is 10.8 Å². The monoisotopic (exact) mass is 542 g/mol. The predicted molar refractivity (Wildman–Crippen MR) is 123 cm³/mol. The lowest BCUT2D eigenvalue weighted by Crippen LogP contribution is -1.84. The molecule has 0 aliphatic heterocycles. The number of oxazole rings is 1. The van der Waals surface area contributed by atoms with Crippen LogP contribution in [0.2, 0.25) is 15.1 Å². The highest BCUT2D eigenvalue weighted by atomic mass is 127. The highest BCUT2D eigenvalue weighted by molar-refractivity contribution is 14.1. The smallest absolute Gasteiger partial charge is 0.228 e. The number of aliphatic imine (C=N–C) groups is 1. The summed E-state index contributed by atoms with van der Waals surface area (Å²) in [6.45, 7) is 0. The molecular weight excluding hydrogens is 533 g/mol. The Morgan fingerprint density at radius 3 is 2.64 bits per heavy atom. The van der Waals surface area contributed by atoms with Gasteiger partial charge in [-0.15, -0.1) is 0 Å². The summed E-state index contributed by atoms with van der Waals surface area (Å²) in [6.07, 6.45) is 1.49. The molecule has 0 spiro atoms. The molecule has 8 heteroatoms. The van der Waals surface area contributed by atoms with Crippen LogP contribution in [0.25, 0.3) is 22.6 Å². The van der Waals surface area contributed by atoms with Crippen molar-refractivity contribution in [2.24, 2.45) is 4.99 Å². The van der Waals surface area contributed by atoms with Gasteiger partial charge in [0, 0.05) is 20.4 Å². The number of hydrogen-bond acceptors (Lipinski definition) is 4. The number of rotatable bonds is 3. The number of hydrogen-bond donors (Lipinski definition) is 1. The lowest BCUT2D eigenvalue weighted by atomic mass is 10.2. The first-order valence-electron chi connectivity index (χ1n) is 7.99. The third-order valence-electron chi connectivity index (χ3n) is 3.94. The van der Waals surface area contributed by atoms with E-state index in [4.69, 9.17) is 39.2 Å². The molecule has 0 saturated carbocycles. The van der Waals surface area contributed by atoms with Crippen LogP contribution in [0.5, 0.6) is 5.75 Å². The number of phenols is 1. The number of halogens is 4. The van der Waals surface area contributed by atoms with E-state index in [0.717, 1.165) is 9.13 Å². The minimum atomic E-state index is -0.0760. The van der Waals surface area contributed by atoms with Gasteiger partial charge in [-0.05, 0) is 71.1 Å². The zero-order chi connectivity index (χ0) is 19.8. The van der Waals surface area contributed by atoms with Crippen molar-refractivity contribution in [2.45, 2.75) is 0 Å². The van der Waals surface area contributed by atoms with Crippen LogP contribution in [0.4, 0.5) is 5.69 Å². The van der Waals surface area contributed by atoms with E-state index in [1.165, 1.54) is 12.3 Å². The average Bonchev–Trinajstić information content (AvgIpc) is 3.08. The van der Waals surface area contributed by atoms with Crippen molar-refractivity contribution < 1.29 is 9.52 Å². The minimum Gasteiger partial charge on any atom is -0.506 e. The first-order chi connectivity index (χ1) is 13.4. The molecule has 3 aromatic carbocycles. The van der Waals surface area contributed by atoms with Crippen LogP contribution in [0, 0.1) is 3.57 Å². The fraction of sp³-hybridized carbons (Fsp3) is 0. The van der Waals surface area contributed by atoms with Gasteiger partial charge in [0.25, 0.3) is 0 Å². The maximum absolute atomic E-state index is 10.0. The molecule has 28 heavy (non-hydrogen) atoms. The number of benzene rings is 3. The van der Waals surface area contributed by atoms with Crippen molar-refractivity contribution in [3.8, 4) is 17.2 Å². The minimum absolute atomic E-state index is 0.0760. The zero-order valence-electron chi connectivity index (χ0n) is 14.0. The van der Waals surface area contributed by atoms with Gasteiger partial charge in [-0.1, -0.05) is 34.8 Å². The first-order valence-corrected chi connectivity index (χ1v) is 10.2. The van der Waals surface area contributed by atoms with Crippen LogP contribution >= 0.6 is 57.4 Å². The maximum atomic E-state index is 10.0. The van der Waals surface area contributed by atoms with E-state index < -0.39 is 0 Å². The molecule has 0 unspecified atom stereocenters. The molecule has 0 radical (unpaired) electrons. The van der Waals surface area contributed by atoms with Gasteiger partial charge in [0.15, 0.2) is 5.58 Å². The van der Waals surface area contributed by atoms with Gasteiger partial charge in [0.2, 0.25) is 5.89 Å². The van der Waals surface area contributed by atoms with E-state index in [2.05, 4.69) is 32.6 Å². The summed E-state index contributed by atoms with van der Waals surface area (Å²) < 4.78 is 6.86. The fourth-order valence-corrected chi connectivity index (χ4v) is 3.80. The normalized spacial score (nSPS) is 11.6. The Bertz CT molecular complexity index is 1240. The Hall–Kier alpha value is -1.80. The SMILES string of the molecule is Oc1c(Cl)cc(Cl)cc1C=Nc1ccc2oc(-c3cc(I)ccc3Cl)nc2c1. The van der Waals surface area contributed by atoms with E-state index in [9.17, 15) is 5.11 Å². The Morgan fingerprint density at radius 2 is 1.82 bits per heavy atom. The largest absolute Gasteiger partial charge is 0.506 e. The van der Waals surface area contributed by atoms with Gasteiger partial charge in [-0.25, -0.2) is 4.98 Å². The molecule has 4 rings (SSSR count). The summed E-state index contributed by atoms with van der Waals surface area (Å²) in [4.78, 5) is 8.90. The molecule has 0 amide bonds. The van der Waals surface area contributed by atoms with Gasteiger partial charge in [0.1, 0.15) is 11.3 Å². The van der Waals surface area contributed by atoms with Gasteiger partial charge < -0.3 is 9.52 Å². The van der Waals surface area contributed by atoms with Crippen molar-refractivity contribution in [1.82, 2.24) is 4.98 Å². The topological polar surface area (TPSA) is 58.6 Å². The number of aromatic hydroxyl groups is 1. The van der Waals surface area contributed by atoms with Crippen LogP contribution in [-0.4, -0.2) is 16.3 Å². The second kappa shape index (κ2) is 7.91. The molecule has 0 aliphatic carbocycles. The van der Waals surface area contributed by atoms with E-state index in [0.29, 0.717) is 38.3 Å². The van der Waals surface area contributed by atoms with Crippen LogP contribution in [0.15, 0.2) is 57.9 Å². The molecule has 1 heterocycles. The van der Waals surface area contributed by atoms with Crippen molar-refractivity contribution in [3.63, 3.8) is 0 Å². The number of fused-ring (bicyclic) bond motifs is 1. The molecule has 0 saturated heterocycles. The summed E-state index contributed by atoms with van der Waals surface area (Å²) in [7, 11) is 0. The summed E-state index contributed by atoms with van der Waals surface area (Å²) in [5.41, 5.74) is 3.06. The Kier molecular flexibility index (Phi) is 5.51. The number of nitrogens with zero attached hydrogens (tertiary/aromatic N) is 2. The molecular formula is C20H10Cl3IN2O2. The second-order valence-electron chi connectivity index (χ2n) is 5.88. The fourth-order valence-electron chi connectivity index (χ4n) is 2.60. The van der Waals surface area contributed by atoms with Crippen LogP contribution < -0.4 is 0 Å². The highest BCUT2D eigenvalue weighted by Crippen LogP contribution is 2.33. The van der Waals surface area contributed by atoms with E-state index in [1.807, 2.05) is 18.2 Å². The van der Waals surface area contributed by atoms with Crippen molar-refractivity contribution >= 4 is 80.4 Å². The lowest BCUT2D eigenvalue weighted by molar-refractivity contribution is 0.475. The highest BCUT2D eigenvalue weighted by Gasteiger charge is 2.13. The molecule has 0 aliphatic rings. The van der Waals surface area contributed by atoms with Gasteiger partial charge >= 0.3 is 0 Å². The van der Waals surface area contributed by atoms with Crippen molar-refractivity contribution in [1.29, 1.82) is 0 Å². The molecule has 0 fully saturated rings. The Labute approximate surface area is 188 Å². The summed E-state index contributed by atoms with van der Waals surface area (Å²) in [5, 5.41) is 11.2. The molecule has 4 nitrogen and oxygen atoms in total. The van der Waals surface area contributed by atoms with Crippen molar-refractivity contribution in [2.75, 3.05) is 0 Å². The van der Waals surface area contributed by atoms with E-state index in [1.54, 1.807) is 24.3 Å². The van der Waals surface area contributed by atoms with Gasteiger partial charge in [-0.3, -0.25) is 4.99 Å². The lowest BCUT2D eigenvalue weighted by Gasteiger charge is -2.02. The van der Waals surface area contributed by atoms with Gasteiger partial charge in [0.05, 0.1) is 21.3 Å². The summed E-state index contributed by atoms with van der Waals surface area (Å²) >= 11 is 20.4. The average molecular weight is 544 g/mol. The molecule has 1 N–H and O–H groups in total. The summed E-state index contributed by atoms with van der Waals surface area (Å²) in [5.74, 6) is 0.367. The maximum Gasteiger partial charge on any atom is 0.228 e. The van der Waals surface area contributed by atoms with E-state index >= 15 is 0 Å². The molecule has 4 aromatic rings. The molecule has 0 bridgehead atoms. The molecule has 0 atom stereocenters. The first kappa shape index (κ1) is 19.5. The van der Waals surface area contributed by atoms with Crippen LogP contribution in [0.1, 0.15) is 5.56 Å². The van der Waals surface area contributed by atoms with Gasteiger partial charge in [-0.2, -0.15) is 0 Å². The third-order valence-corrected chi connectivity index (χ3v) is 5.45. The quantitative estimate of drug-likeness (QED) is 0.215. The number of phenolic OH excluding ortho intramolecular Hbond substituents is 1. The zero-order valence-corrected chi connectivity index (χ0v) is 18.4. The number of aromatic nitrogens is 1. The Morgan fingerprint density at radius 1 is 1.00 bits per heavy atom. The third kappa shape index (κ3) is 3.98. The predicted octanol–water partition coefficient (Wildman–Crippen LogP) is 7.52. The van der Waals surface area contributed by atoms with Crippen LogP contribution in [-0.2, 0) is 0 Å². The van der Waals surface area contributed by atoms with Crippen LogP contribution in [0.3, 0.4) is 0 Å².